The van der Waals surface area contributed by atoms with Crippen LogP contribution in [0, 0.1) is 5.92 Å². The third kappa shape index (κ3) is 5.51. The number of halogens is 1. The summed E-state index contributed by atoms with van der Waals surface area (Å²) < 4.78 is 1.22. The van der Waals surface area contributed by atoms with E-state index in [0.29, 0.717) is 6.04 Å². The van der Waals surface area contributed by atoms with Gasteiger partial charge in [-0.05, 0) is 53.8 Å². The van der Waals surface area contributed by atoms with Crippen LogP contribution >= 0.6 is 27.3 Å². The van der Waals surface area contributed by atoms with Crippen LogP contribution in [-0.4, -0.2) is 31.6 Å². The number of nitrogens with zero attached hydrogens (tertiary/aromatic N) is 1. The zero-order valence-electron chi connectivity index (χ0n) is 11.2. The first-order valence-electron chi connectivity index (χ1n) is 6.09. The standard InChI is InChI=1S/C13H23BrN2S/c1-10(2)7-11(16(3)4)8-15-9-13-12(14)5-6-17-13/h5-6,10-11,15H,7-9H2,1-4H3. The van der Waals surface area contributed by atoms with Crippen molar-refractivity contribution < 1.29 is 0 Å². The van der Waals surface area contributed by atoms with Gasteiger partial charge in [0.15, 0.2) is 0 Å². The Bertz CT molecular complexity index is 323. The maximum atomic E-state index is 3.56. The summed E-state index contributed by atoms with van der Waals surface area (Å²) in [5.41, 5.74) is 0. The van der Waals surface area contributed by atoms with Crippen molar-refractivity contribution in [2.45, 2.75) is 32.9 Å². The Morgan fingerprint density at radius 2 is 2.12 bits per heavy atom. The van der Waals surface area contributed by atoms with Gasteiger partial charge >= 0.3 is 0 Å². The van der Waals surface area contributed by atoms with E-state index in [0.717, 1.165) is 19.0 Å². The molecule has 1 rings (SSSR count). The number of nitrogens with one attached hydrogen (secondary N) is 1. The summed E-state index contributed by atoms with van der Waals surface area (Å²) in [6, 6.07) is 2.73. The van der Waals surface area contributed by atoms with E-state index in [9.17, 15) is 0 Å². The number of hydrogen-bond acceptors (Lipinski definition) is 3. The Morgan fingerprint density at radius 1 is 1.41 bits per heavy atom. The van der Waals surface area contributed by atoms with Crippen molar-refractivity contribution in [2.24, 2.45) is 5.92 Å². The van der Waals surface area contributed by atoms with Crippen LogP contribution in [0.5, 0.6) is 0 Å². The Balaban J connectivity index is 2.34. The fourth-order valence-electron chi connectivity index (χ4n) is 1.82. The van der Waals surface area contributed by atoms with Crippen LogP contribution in [0.25, 0.3) is 0 Å². The Morgan fingerprint density at radius 3 is 2.59 bits per heavy atom. The van der Waals surface area contributed by atoms with Crippen LogP contribution in [0.4, 0.5) is 0 Å². The zero-order valence-corrected chi connectivity index (χ0v) is 13.6. The molecular formula is C13H23BrN2S. The summed E-state index contributed by atoms with van der Waals surface area (Å²) in [5, 5.41) is 5.68. The molecule has 0 saturated carbocycles. The van der Waals surface area contributed by atoms with Gasteiger partial charge in [-0.25, -0.2) is 0 Å². The highest BCUT2D eigenvalue weighted by molar-refractivity contribution is 9.10. The van der Waals surface area contributed by atoms with Crippen molar-refractivity contribution in [3.63, 3.8) is 0 Å². The molecule has 1 atom stereocenters. The van der Waals surface area contributed by atoms with Gasteiger partial charge in [-0.3, -0.25) is 0 Å². The third-order valence-corrected chi connectivity index (χ3v) is 4.76. The van der Waals surface area contributed by atoms with Gasteiger partial charge in [0.05, 0.1) is 0 Å². The molecule has 0 spiro atoms. The summed E-state index contributed by atoms with van der Waals surface area (Å²) in [6.07, 6.45) is 1.24. The molecule has 1 heterocycles. The van der Waals surface area contributed by atoms with E-state index < -0.39 is 0 Å². The minimum Gasteiger partial charge on any atom is -0.310 e. The molecule has 1 N–H and O–H groups in total. The van der Waals surface area contributed by atoms with Crippen LogP contribution in [0.2, 0.25) is 0 Å². The minimum atomic E-state index is 0.619. The molecule has 1 unspecified atom stereocenters. The summed E-state index contributed by atoms with van der Waals surface area (Å²) in [7, 11) is 4.32. The second kappa shape index (κ2) is 7.52. The highest BCUT2D eigenvalue weighted by Crippen LogP contribution is 2.22. The van der Waals surface area contributed by atoms with Crippen molar-refractivity contribution in [1.82, 2.24) is 10.2 Å². The molecule has 0 saturated heterocycles. The average Bonchev–Trinajstić information content (AvgIpc) is 2.62. The lowest BCUT2D eigenvalue weighted by Crippen LogP contribution is -2.38. The van der Waals surface area contributed by atoms with Gasteiger partial charge in [-0.1, -0.05) is 13.8 Å². The maximum Gasteiger partial charge on any atom is 0.0327 e. The molecule has 0 aliphatic heterocycles. The van der Waals surface area contributed by atoms with E-state index in [1.807, 2.05) is 0 Å². The van der Waals surface area contributed by atoms with E-state index in [1.165, 1.54) is 15.8 Å². The molecule has 0 fully saturated rings. The third-order valence-electron chi connectivity index (χ3n) is 2.83. The molecule has 0 amide bonds. The number of likely N-dealkylation sites (N-methyl/N-ethyl adjacent to an activating group) is 1. The molecule has 2 nitrogen and oxygen atoms in total. The van der Waals surface area contributed by atoms with Gasteiger partial charge in [-0.2, -0.15) is 0 Å². The minimum absolute atomic E-state index is 0.619. The van der Waals surface area contributed by atoms with Crippen molar-refractivity contribution in [2.75, 3.05) is 20.6 Å². The van der Waals surface area contributed by atoms with Crippen LogP contribution in [0.3, 0.4) is 0 Å². The number of rotatable bonds is 7. The molecule has 1 aromatic heterocycles. The Labute approximate surface area is 118 Å². The van der Waals surface area contributed by atoms with Gasteiger partial charge < -0.3 is 10.2 Å². The van der Waals surface area contributed by atoms with Crippen LogP contribution < -0.4 is 5.32 Å². The van der Waals surface area contributed by atoms with Gasteiger partial charge in [0.2, 0.25) is 0 Å². The lowest BCUT2D eigenvalue weighted by atomic mass is 10.0. The van der Waals surface area contributed by atoms with Crippen molar-refractivity contribution in [3.05, 3.63) is 20.8 Å². The molecule has 0 aliphatic carbocycles. The SMILES string of the molecule is CC(C)CC(CNCc1sccc1Br)N(C)C. The van der Waals surface area contributed by atoms with Crippen molar-refractivity contribution >= 4 is 27.3 Å². The second-order valence-corrected chi connectivity index (χ2v) is 6.92. The van der Waals surface area contributed by atoms with Gasteiger partial charge in [-0.15, -0.1) is 11.3 Å². The molecule has 0 radical (unpaired) electrons. The van der Waals surface area contributed by atoms with Crippen molar-refractivity contribution in [1.29, 1.82) is 0 Å². The van der Waals surface area contributed by atoms with Crippen molar-refractivity contribution in [3.8, 4) is 0 Å². The molecule has 17 heavy (non-hydrogen) atoms. The van der Waals surface area contributed by atoms with E-state index in [1.54, 1.807) is 11.3 Å². The lowest BCUT2D eigenvalue weighted by molar-refractivity contribution is 0.247. The molecule has 0 aromatic carbocycles. The molecule has 1 aromatic rings. The highest BCUT2D eigenvalue weighted by atomic mass is 79.9. The molecule has 0 bridgehead atoms. The quantitative estimate of drug-likeness (QED) is 0.826. The lowest BCUT2D eigenvalue weighted by Gasteiger charge is -2.26. The number of thiophene rings is 1. The smallest absolute Gasteiger partial charge is 0.0327 e. The van der Waals surface area contributed by atoms with E-state index >= 15 is 0 Å². The Hall–Kier alpha value is 0.1000. The topological polar surface area (TPSA) is 15.3 Å². The Kier molecular flexibility index (Phi) is 6.70. The first-order chi connectivity index (χ1) is 8.00. The van der Waals surface area contributed by atoms with Crippen LogP contribution in [0.1, 0.15) is 25.1 Å². The second-order valence-electron chi connectivity index (χ2n) is 5.07. The summed E-state index contributed by atoms with van der Waals surface area (Å²) in [4.78, 5) is 3.70. The summed E-state index contributed by atoms with van der Waals surface area (Å²) in [6.45, 7) is 6.58. The van der Waals surface area contributed by atoms with Gasteiger partial charge in [0.1, 0.15) is 0 Å². The van der Waals surface area contributed by atoms with Gasteiger partial charge in [0, 0.05) is 28.5 Å². The predicted octanol–water partition coefficient (Wildman–Crippen LogP) is 3.58. The van der Waals surface area contributed by atoms with Crippen LogP contribution in [-0.2, 0) is 6.54 Å². The fourth-order valence-corrected chi connectivity index (χ4v) is 3.29. The molecule has 98 valence electrons. The fraction of sp³-hybridized carbons (Fsp3) is 0.692. The first-order valence-corrected chi connectivity index (χ1v) is 7.77. The normalized spacial score (nSPS) is 13.6. The summed E-state index contributed by atoms with van der Waals surface area (Å²) in [5.74, 6) is 0.748. The molecule has 4 heteroatoms. The molecule has 0 aliphatic rings. The van der Waals surface area contributed by atoms with Crippen LogP contribution in [0.15, 0.2) is 15.9 Å². The number of hydrogen-bond donors (Lipinski definition) is 1. The van der Waals surface area contributed by atoms with E-state index in [2.05, 4.69) is 65.5 Å². The summed E-state index contributed by atoms with van der Waals surface area (Å²) >= 11 is 5.36. The first kappa shape index (κ1) is 15.2. The average molecular weight is 319 g/mol. The highest BCUT2D eigenvalue weighted by Gasteiger charge is 2.13. The van der Waals surface area contributed by atoms with E-state index in [-0.39, 0.29) is 0 Å². The van der Waals surface area contributed by atoms with Gasteiger partial charge in [0.25, 0.3) is 0 Å². The monoisotopic (exact) mass is 318 g/mol. The van der Waals surface area contributed by atoms with E-state index in [4.69, 9.17) is 0 Å². The predicted molar refractivity (Wildman–Crippen MR) is 80.7 cm³/mol. The molecular weight excluding hydrogens is 296 g/mol. The maximum absolute atomic E-state index is 3.56. The zero-order chi connectivity index (χ0) is 12.8. The largest absolute Gasteiger partial charge is 0.310 e.